The van der Waals surface area contributed by atoms with Gasteiger partial charge in [0.05, 0.1) is 19.7 Å². The molecule has 0 bridgehead atoms. The molecule has 1 fully saturated rings. The first kappa shape index (κ1) is 13.9. The maximum Gasteiger partial charge on any atom is 0.162 e. The van der Waals surface area contributed by atoms with Crippen LogP contribution < -0.4 is 19.7 Å². The number of piperazine rings is 1. The number of aromatic nitrogens is 1. The fourth-order valence-corrected chi connectivity index (χ4v) is 2.89. The van der Waals surface area contributed by atoms with Gasteiger partial charge in [-0.3, -0.25) is 4.98 Å². The van der Waals surface area contributed by atoms with Gasteiger partial charge in [0.1, 0.15) is 0 Å². The van der Waals surface area contributed by atoms with Crippen LogP contribution >= 0.6 is 0 Å². The molecular formula is C16H21N3O2. The molecule has 1 N–H and O–H groups in total. The van der Waals surface area contributed by atoms with E-state index in [0.29, 0.717) is 11.8 Å². The summed E-state index contributed by atoms with van der Waals surface area (Å²) in [6.45, 7) is 5.20. The van der Waals surface area contributed by atoms with E-state index >= 15 is 0 Å². The van der Waals surface area contributed by atoms with Gasteiger partial charge in [0.2, 0.25) is 0 Å². The first-order chi connectivity index (χ1) is 10.2. The Balaban J connectivity index is 2.10. The number of nitrogens with zero attached hydrogens (tertiary/aromatic N) is 2. The molecule has 3 rings (SSSR count). The molecule has 1 atom stereocenters. The van der Waals surface area contributed by atoms with Gasteiger partial charge in [-0.15, -0.1) is 0 Å². The van der Waals surface area contributed by atoms with Gasteiger partial charge in [-0.25, -0.2) is 0 Å². The van der Waals surface area contributed by atoms with Crippen molar-refractivity contribution < 1.29 is 9.47 Å². The number of anilines is 1. The molecule has 2 aromatic rings. The van der Waals surface area contributed by atoms with E-state index in [9.17, 15) is 0 Å². The molecule has 1 aliphatic heterocycles. The second-order valence-electron chi connectivity index (χ2n) is 5.36. The molecule has 1 unspecified atom stereocenters. The highest BCUT2D eigenvalue weighted by molar-refractivity contribution is 5.94. The summed E-state index contributed by atoms with van der Waals surface area (Å²) in [5.41, 5.74) is 2.13. The molecule has 0 saturated carbocycles. The minimum absolute atomic E-state index is 0.488. The molecule has 5 heteroatoms. The van der Waals surface area contributed by atoms with Crippen molar-refractivity contribution in [2.45, 2.75) is 13.0 Å². The van der Waals surface area contributed by atoms with Gasteiger partial charge in [-0.05, 0) is 19.1 Å². The van der Waals surface area contributed by atoms with Crippen molar-refractivity contribution in [3.8, 4) is 11.5 Å². The molecule has 5 nitrogen and oxygen atoms in total. The van der Waals surface area contributed by atoms with Gasteiger partial charge in [0.25, 0.3) is 0 Å². The number of methoxy groups -OCH3 is 2. The molecule has 1 saturated heterocycles. The summed E-state index contributed by atoms with van der Waals surface area (Å²) in [6, 6.07) is 6.51. The van der Waals surface area contributed by atoms with Crippen LogP contribution in [-0.2, 0) is 0 Å². The van der Waals surface area contributed by atoms with Crippen molar-refractivity contribution in [3.63, 3.8) is 0 Å². The summed E-state index contributed by atoms with van der Waals surface area (Å²) in [4.78, 5) is 6.86. The van der Waals surface area contributed by atoms with Crippen LogP contribution in [0.4, 0.5) is 5.69 Å². The van der Waals surface area contributed by atoms with E-state index in [0.717, 1.165) is 36.3 Å². The number of hydrogen-bond acceptors (Lipinski definition) is 5. The summed E-state index contributed by atoms with van der Waals surface area (Å²) in [5.74, 6) is 1.45. The molecule has 1 aliphatic rings. The van der Waals surface area contributed by atoms with E-state index in [1.54, 1.807) is 14.2 Å². The van der Waals surface area contributed by atoms with Gasteiger partial charge >= 0.3 is 0 Å². The number of benzene rings is 1. The second kappa shape index (κ2) is 5.77. The normalized spacial score (nSPS) is 18.8. The molecule has 2 heterocycles. The van der Waals surface area contributed by atoms with E-state index in [2.05, 4.69) is 28.2 Å². The largest absolute Gasteiger partial charge is 0.493 e. The van der Waals surface area contributed by atoms with Crippen LogP contribution in [0.15, 0.2) is 24.4 Å². The monoisotopic (exact) mass is 287 g/mol. The Bertz CT molecular complexity index is 645. The average Bonchev–Trinajstić information content (AvgIpc) is 2.52. The van der Waals surface area contributed by atoms with Crippen LogP contribution in [0.2, 0.25) is 0 Å². The lowest BCUT2D eigenvalue weighted by atomic mass is 10.1. The van der Waals surface area contributed by atoms with Crippen molar-refractivity contribution in [2.75, 3.05) is 38.8 Å². The lowest BCUT2D eigenvalue weighted by Gasteiger charge is -2.34. The third-order valence-corrected chi connectivity index (χ3v) is 3.93. The number of ether oxygens (including phenoxy) is 2. The molecule has 0 spiro atoms. The third-order valence-electron chi connectivity index (χ3n) is 3.93. The van der Waals surface area contributed by atoms with Gasteiger partial charge in [0.15, 0.2) is 11.5 Å². The van der Waals surface area contributed by atoms with Crippen LogP contribution in [-0.4, -0.2) is 44.9 Å². The Morgan fingerprint density at radius 1 is 1.24 bits per heavy atom. The highest BCUT2D eigenvalue weighted by Crippen LogP contribution is 2.35. The van der Waals surface area contributed by atoms with E-state index < -0.39 is 0 Å². The topological polar surface area (TPSA) is 46.6 Å². The standard InChI is InChI=1S/C16H21N3O2/c1-11-10-19(7-6-17-11)14-4-5-18-13-9-16(21-3)15(20-2)8-12(13)14/h4-5,8-9,11,17H,6-7,10H2,1-3H3. The highest BCUT2D eigenvalue weighted by atomic mass is 16.5. The molecule has 112 valence electrons. The van der Waals surface area contributed by atoms with Gasteiger partial charge in [0, 0.05) is 49.0 Å². The summed E-state index contributed by atoms with van der Waals surface area (Å²) in [7, 11) is 3.30. The van der Waals surface area contributed by atoms with E-state index in [-0.39, 0.29) is 0 Å². The van der Waals surface area contributed by atoms with Crippen LogP contribution in [0.3, 0.4) is 0 Å². The molecule has 0 radical (unpaired) electrons. The molecule has 21 heavy (non-hydrogen) atoms. The number of nitrogens with one attached hydrogen (secondary N) is 1. The summed E-state index contributed by atoms with van der Waals surface area (Å²) >= 11 is 0. The fourth-order valence-electron chi connectivity index (χ4n) is 2.89. The quantitative estimate of drug-likeness (QED) is 0.936. The van der Waals surface area contributed by atoms with E-state index in [1.807, 2.05) is 18.3 Å². The Hall–Kier alpha value is -2.01. The van der Waals surface area contributed by atoms with E-state index in [4.69, 9.17) is 9.47 Å². The zero-order valence-corrected chi connectivity index (χ0v) is 12.7. The maximum absolute atomic E-state index is 5.42. The fraction of sp³-hybridized carbons (Fsp3) is 0.438. The average molecular weight is 287 g/mol. The highest BCUT2D eigenvalue weighted by Gasteiger charge is 2.19. The van der Waals surface area contributed by atoms with Gasteiger partial charge in [-0.2, -0.15) is 0 Å². The Labute approximate surface area is 124 Å². The van der Waals surface area contributed by atoms with Gasteiger partial charge in [-0.1, -0.05) is 0 Å². The lowest BCUT2D eigenvalue weighted by molar-refractivity contribution is 0.356. The smallest absolute Gasteiger partial charge is 0.162 e. The minimum Gasteiger partial charge on any atom is -0.493 e. The number of fused-ring (bicyclic) bond motifs is 1. The zero-order chi connectivity index (χ0) is 14.8. The number of pyridine rings is 1. The predicted molar refractivity (Wildman–Crippen MR) is 84.5 cm³/mol. The lowest BCUT2D eigenvalue weighted by Crippen LogP contribution is -2.49. The first-order valence-electron chi connectivity index (χ1n) is 7.22. The van der Waals surface area contributed by atoms with Crippen LogP contribution in [0.5, 0.6) is 11.5 Å². The van der Waals surface area contributed by atoms with Gasteiger partial charge < -0.3 is 19.7 Å². The number of hydrogen-bond donors (Lipinski definition) is 1. The third kappa shape index (κ3) is 2.61. The number of rotatable bonds is 3. The maximum atomic E-state index is 5.42. The van der Waals surface area contributed by atoms with Crippen LogP contribution in [0.25, 0.3) is 10.9 Å². The van der Waals surface area contributed by atoms with Crippen molar-refractivity contribution in [3.05, 3.63) is 24.4 Å². The SMILES string of the molecule is COc1cc2nccc(N3CCNC(C)C3)c2cc1OC. The summed E-state index contributed by atoms with van der Waals surface area (Å²) in [5, 5.41) is 4.57. The molecule has 1 aromatic heterocycles. The first-order valence-corrected chi connectivity index (χ1v) is 7.22. The Kier molecular flexibility index (Phi) is 3.84. The van der Waals surface area contributed by atoms with Crippen LogP contribution in [0, 0.1) is 0 Å². The van der Waals surface area contributed by atoms with Crippen LogP contribution in [0.1, 0.15) is 6.92 Å². The second-order valence-corrected chi connectivity index (χ2v) is 5.36. The summed E-state index contributed by atoms with van der Waals surface area (Å²) < 4.78 is 10.8. The van der Waals surface area contributed by atoms with Crippen molar-refractivity contribution in [1.82, 2.24) is 10.3 Å². The summed E-state index contributed by atoms with van der Waals surface area (Å²) in [6.07, 6.45) is 1.86. The van der Waals surface area contributed by atoms with Crippen molar-refractivity contribution in [2.24, 2.45) is 0 Å². The Morgan fingerprint density at radius 2 is 2.00 bits per heavy atom. The zero-order valence-electron chi connectivity index (χ0n) is 12.7. The minimum atomic E-state index is 0.488. The van der Waals surface area contributed by atoms with Crippen molar-refractivity contribution in [1.29, 1.82) is 0 Å². The molecule has 0 aliphatic carbocycles. The molecule has 1 aromatic carbocycles. The predicted octanol–water partition coefficient (Wildman–Crippen LogP) is 2.05. The molecular weight excluding hydrogens is 266 g/mol. The Morgan fingerprint density at radius 3 is 2.71 bits per heavy atom. The molecule has 0 amide bonds. The van der Waals surface area contributed by atoms with E-state index in [1.165, 1.54) is 5.69 Å². The van der Waals surface area contributed by atoms with Crippen molar-refractivity contribution >= 4 is 16.6 Å².